The molecule has 0 bridgehead atoms. The van der Waals surface area contributed by atoms with Crippen LogP contribution in [0.3, 0.4) is 0 Å². The van der Waals surface area contributed by atoms with Gasteiger partial charge < -0.3 is 4.74 Å². The first-order valence-corrected chi connectivity index (χ1v) is 9.37. The molecule has 0 spiro atoms. The third-order valence-corrected chi connectivity index (χ3v) is 4.50. The van der Waals surface area contributed by atoms with Gasteiger partial charge in [-0.15, -0.1) is 0 Å². The van der Waals surface area contributed by atoms with Gasteiger partial charge in [0.15, 0.2) is 0 Å². The molecule has 0 saturated heterocycles. The molecule has 0 unspecified atom stereocenters. The molecule has 0 aliphatic rings. The van der Waals surface area contributed by atoms with E-state index in [0.717, 1.165) is 0 Å². The van der Waals surface area contributed by atoms with Crippen molar-refractivity contribution in [3.05, 3.63) is 12.6 Å². The van der Waals surface area contributed by atoms with E-state index < -0.39 is 67.3 Å². The SMILES string of the molecule is C=C(F)OC(F)(C(F)(F)OC(F)(F)C(F)(F)S(=O)(=O)F)C(F)(F)OC(F)(F)C(F)(F)S(=O)(=O)F. The molecule has 0 aromatic rings. The molecule has 0 heterocycles. The van der Waals surface area contributed by atoms with Crippen molar-refractivity contribution < 1.29 is 100 Å². The van der Waals surface area contributed by atoms with E-state index in [1.807, 2.05) is 0 Å². The van der Waals surface area contributed by atoms with Gasteiger partial charge in [0.2, 0.25) is 0 Å². The normalized spacial score (nSPS) is 15.9. The maximum atomic E-state index is 14.1. The van der Waals surface area contributed by atoms with Gasteiger partial charge in [-0.3, -0.25) is 0 Å². The molecule has 0 amide bonds. The third kappa shape index (κ3) is 5.39. The zero-order chi connectivity index (χ0) is 28.2. The Labute approximate surface area is 175 Å². The highest BCUT2D eigenvalue weighted by Gasteiger charge is 2.84. The second kappa shape index (κ2) is 8.42. The van der Waals surface area contributed by atoms with Crippen molar-refractivity contribution in [2.24, 2.45) is 0 Å². The van der Waals surface area contributed by atoms with Crippen LogP contribution in [0.1, 0.15) is 0 Å². The van der Waals surface area contributed by atoms with E-state index in [1.165, 1.54) is 9.47 Å². The van der Waals surface area contributed by atoms with Crippen molar-refractivity contribution in [1.82, 2.24) is 0 Å². The highest BCUT2D eigenvalue weighted by molar-refractivity contribution is 7.87. The summed E-state index contributed by atoms with van der Waals surface area (Å²) in [5.74, 6) is -7.63. The van der Waals surface area contributed by atoms with Crippen molar-refractivity contribution in [1.29, 1.82) is 0 Å². The lowest BCUT2D eigenvalue weighted by molar-refractivity contribution is -0.542. The van der Waals surface area contributed by atoms with Crippen molar-refractivity contribution in [2.45, 2.75) is 40.8 Å². The van der Waals surface area contributed by atoms with E-state index in [9.17, 15) is 86.1 Å². The first-order valence-electron chi connectivity index (χ1n) is 6.61. The summed E-state index contributed by atoms with van der Waals surface area (Å²) in [6.45, 7) is 1.55. The lowest BCUT2D eigenvalue weighted by Gasteiger charge is -2.39. The lowest BCUT2D eigenvalue weighted by Crippen LogP contribution is -2.66. The Morgan fingerprint density at radius 3 is 0.971 bits per heavy atom. The summed E-state index contributed by atoms with van der Waals surface area (Å²) in [5.41, 5.74) is 0. The average Bonchev–Trinajstić information content (AvgIpc) is 2.49. The number of halogens is 16. The Balaban J connectivity index is 6.80. The van der Waals surface area contributed by atoms with Gasteiger partial charge in [-0.25, -0.2) is 9.47 Å². The summed E-state index contributed by atoms with van der Waals surface area (Å²) in [6.07, 6.45) is -31.0. The monoisotopic (exact) mass is 590 g/mol. The van der Waals surface area contributed by atoms with E-state index in [2.05, 4.69) is 4.74 Å². The molecule has 34 heavy (non-hydrogen) atoms. The highest BCUT2D eigenvalue weighted by atomic mass is 32.3. The molecule has 25 heteroatoms. The summed E-state index contributed by atoms with van der Waals surface area (Å²) in [7, 11) is -16.1. The summed E-state index contributed by atoms with van der Waals surface area (Å²) < 4.78 is 253. The summed E-state index contributed by atoms with van der Waals surface area (Å²) >= 11 is 0. The van der Waals surface area contributed by atoms with Crippen LogP contribution in [-0.2, 0) is 34.7 Å². The van der Waals surface area contributed by atoms with E-state index >= 15 is 0 Å². The number of ether oxygens (including phenoxy) is 3. The number of rotatable bonds is 12. The standard InChI is InChI=1S/C9H2F16O7S2/c1-2(10)30-3(11,4(12,13)31-6(16,17)8(20,21)33(24,26)27)5(14,15)32-7(18,19)9(22,23)34(25,28)29/h1H2. The average molecular weight is 590 g/mol. The van der Waals surface area contributed by atoms with Crippen LogP contribution in [0.4, 0.5) is 69.2 Å². The second-order valence-corrected chi connectivity index (χ2v) is 8.01. The van der Waals surface area contributed by atoms with Gasteiger partial charge in [0.25, 0.3) is 6.01 Å². The van der Waals surface area contributed by atoms with Gasteiger partial charge in [0, 0.05) is 0 Å². The van der Waals surface area contributed by atoms with Crippen molar-refractivity contribution in [3.63, 3.8) is 0 Å². The fraction of sp³-hybridized carbons (Fsp3) is 0.778. The Morgan fingerprint density at radius 1 is 0.559 bits per heavy atom. The number of hydrogen-bond donors (Lipinski definition) is 0. The zero-order valence-corrected chi connectivity index (χ0v) is 16.1. The Morgan fingerprint density at radius 2 is 0.794 bits per heavy atom. The van der Waals surface area contributed by atoms with Crippen LogP contribution in [0.15, 0.2) is 12.6 Å². The quantitative estimate of drug-likeness (QED) is 0.190. The van der Waals surface area contributed by atoms with Crippen LogP contribution in [0.5, 0.6) is 0 Å². The maximum Gasteiger partial charge on any atom is 0.464 e. The zero-order valence-electron chi connectivity index (χ0n) is 14.4. The molecule has 0 rings (SSSR count). The van der Waals surface area contributed by atoms with Crippen molar-refractivity contribution in [3.8, 4) is 0 Å². The van der Waals surface area contributed by atoms with E-state index in [0.29, 0.717) is 0 Å². The molecule has 0 radical (unpaired) electrons. The van der Waals surface area contributed by atoms with Crippen LogP contribution in [0, 0.1) is 0 Å². The lowest BCUT2D eigenvalue weighted by atomic mass is 10.2. The molecule has 0 aromatic heterocycles. The minimum absolute atomic E-state index is 1.41. The summed E-state index contributed by atoms with van der Waals surface area (Å²) in [5, 5.41) is -15.0. The van der Waals surface area contributed by atoms with Gasteiger partial charge in [-0.2, -0.15) is 78.3 Å². The third-order valence-electron chi connectivity index (χ3n) is 2.80. The van der Waals surface area contributed by atoms with Gasteiger partial charge in [0.1, 0.15) is 0 Å². The fourth-order valence-electron chi connectivity index (χ4n) is 1.30. The maximum absolute atomic E-state index is 14.1. The van der Waals surface area contributed by atoms with Gasteiger partial charge >= 0.3 is 61.2 Å². The molecule has 0 aromatic carbocycles. The highest BCUT2D eigenvalue weighted by Crippen LogP contribution is 2.55. The van der Waals surface area contributed by atoms with Crippen LogP contribution in [0.25, 0.3) is 0 Å². The predicted octanol–water partition coefficient (Wildman–Crippen LogP) is 4.30. The van der Waals surface area contributed by atoms with E-state index in [1.54, 1.807) is 6.58 Å². The predicted molar refractivity (Wildman–Crippen MR) is 67.1 cm³/mol. The van der Waals surface area contributed by atoms with Crippen molar-refractivity contribution >= 4 is 20.4 Å². The van der Waals surface area contributed by atoms with Crippen LogP contribution >= 0.6 is 0 Å². The first-order chi connectivity index (χ1) is 14.3. The first kappa shape index (κ1) is 32.2. The molecule has 0 aliphatic carbocycles. The van der Waals surface area contributed by atoms with E-state index in [4.69, 9.17) is 0 Å². The minimum Gasteiger partial charge on any atom is -0.419 e. The molecular formula is C9H2F16O7S2. The molecule has 0 N–H and O–H groups in total. The Bertz CT molecular complexity index is 934. The molecule has 0 fully saturated rings. The van der Waals surface area contributed by atoms with E-state index in [-0.39, 0.29) is 0 Å². The molecular weight excluding hydrogens is 588 g/mol. The van der Waals surface area contributed by atoms with Gasteiger partial charge in [-0.1, -0.05) is 7.77 Å². The Kier molecular flexibility index (Phi) is 7.99. The molecule has 0 aliphatic heterocycles. The fourth-order valence-corrected chi connectivity index (χ4v) is 1.95. The second-order valence-electron chi connectivity index (χ2n) is 5.23. The molecule has 0 saturated carbocycles. The summed E-state index contributed by atoms with van der Waals surface area (Å²) in [6, 6.07) is -3.43. The topological polar surface area (TPSA) is 96.0 Å². The van der Waals surface area contributed by atoms with Gasteiger partial charge in [0.05, 0.1) is 0 Å². The molecule has 7 nitrogen and oxygen atoms in total. The Hall–Kier alpha value is -1.76. The molecule has 0 atom stereocenters. The smallest absolute Gasteiger partial charge is 0.419 e. The number of hydrogen-bond acceptors (Lipinski definition) is 7. The van der Waals surface area contributed by atoms with Gasteiger partial charge in [-0.05, 0) is 6.58 Å². The molecule has 204 valence electrons. The number of alkyl halides is 13. The summed E-state index contributed by atoms with van der Waals surface area (Å²) in [4.78, 5) is 0. The van der Waals surface area contributed by atoms with Crippen LogP contribution in [-0.4, -0.2) is 57.6 Å². The van der Waals surface area contributed by atoms with Crippen molar-refractivity contribution in [2.75, 3.05) is 0 Å². The van der Waals surface area contributed by atoms with Crippen LogP contribution < -0.4 is 0 Å². The van der Waals surface area contributed by atoms with Crippen LogP contribution in [0.2, 0.25) is 0 Å². The largest absolute Gasteiger partial charge is 0.464 e. The minimum atomic E-state index is -8.04.